The summed E-state index contributed by atoms with van der Waals surface area (Å²) in [6, 6.07) is 0.127. The van der Waals surface area contributed by atoms with Gasteiger partial charge in [0.25, 0.3) is 0 Å². The van der Waals surface area contributed by atoms with Gasteiger partial charge in [0.2, 0.25) is 0 Å². The van der Waals surface area contributed by atoms with Crippen LogP contribution in [-0.4, -0.2) is 21.8 Å². The van der Waals surface area contributed by atoms with Crippen molar-refractivity contribution in [3.8, 4) is 0 Å². The number of hydrogen-bond acceptors (Lipinski definition) is 6. The van der Waals surface area contributed by atoms with Crippen LogP contribution in [0.2, 0.25) is 0 Å². The van der Waals surface area contributed by atoms with Gasteiger partial charge >= 0.3 is 131 Å². The molecule has 125 valence electrons. The van der Waals surface area contributed by atoms with Gasteiger partial charge in [-0.25, -0.2) is 0 Å². The topological polar surface area (TPSA) is 90.6 Å². The molecule has 0 bridgehead atoms. The third-order valence-corrected chi connectivity index (χ3v) is 4.33. The average molecular weight is 352 g/mol. The number of nitrogens with zero attached hydrogens (tertiary/aromatic N) is 2. The van der Waals surface area contributed by atoms with Crippen LogP contribution >= 0.6 is 0 Å². The minimum absolute atomic E-state index is 0.0633. The van der Waals surface area contributed by atoms with Crippen molar-refractivity contribution in [2.24, 2.45) is 0 Å². The van der Waals surface area contributed by atoms with Gasteiger partial charge in [0.05, 0.1) is 0 Å². The molecule has 2 fully saturated rings. The molecule has 0 aromatic heterocycles. The fraction of sp³-hybridized carbons (Fsp3) is 1.00. The third-order valence-electron chi connectivity index (χ3n) is 4.06. The molecule has 0 aromatic carbocycles. The summed E-state index contributed by atoms with van der Waals surface area (Å²) in [7, 11) is 0. The second kappa shape index (κ2) is 9.30. The molecule has 0 heterocycles. The molecule has 0 aromatic rings. The quantitative estimate of drug-likeness (QED) is 0.175. The molecular weight excluding hydrogens is 328 g/mol. The molecule has 0 unspecified atom stereocenters. The Morgan fingerprint density at radius 1 is 0.667 bits per heavy atom. The number of nitrogens with one attached hydrogen (secondary N) is 2. The van der Waals surface area contributed by atoms with E-state index in [-0.39, 0.29) is 12.1 Å². The van der Waals surface area contributed by atoms with Gasteiger partial charge in [-0.1, -0.05) is 0 Å². The first-order valence-corrected chi connectivity index (χ1v) is 8.31. The van der Waals surface area contributed by atoms with Crippen LogP contribution in [0.5, 0.6) is 0 Å². The Hall–Kier alpha value is -0.761. The SMILES string of the molecule is N=[N+](O[O][Cu][O]O[N+](=N)C1CCCCC1)C1CCCCC1. The van der Waals surface area contributed by atoms with E-state index in [4.69, 9.17) is 21.0 Å². The van der Waals surface area contributed by atoms with Crippen LogP contribution in [-0.2, 0) is 33.5 Å². The van der Waals surface area contributed by atoms with E-state index in [9.17, 15) is 0 Å². The maximum atomic E-state index is 7.67. The van der Waals surface area contributed by atoms with E-state index < -0.39 is 0 Å². The van der Waals surface area contributed by atoms with Crippen LogP contribution in [0.15, 0.2) is 0 Å². The molecule has 0 saturated heterocycles. The van der Waals surface area contributed by atoms with Crippen LogP contribution in [0.25, 0.3) is 0 Å². The number of hydrogen-bond donors (Lipinski definition) is 2. The van der Waals surface area contributed by atoms with Crippen LogP contribution in [0, 0.1) is 11.1 Å². The number of hydroxylamine groups is 2. The second-order valence-corrected chi connectivity index (χ2v) is 6.01. The van der Waals surface area contributed by atoms with Gasteiger partial charge in [-0.2, -0.15) is 0 Å². The van der Waals surface area contributed by atoms with E-state index >= 15 is 0 Å². The van der Waals surface area contributed by atoms with Crippen molar-refractivity contribution >= 4 is 0 Å². The first kappa shape index (κ1) is 16.6. The molecule has 2 aliphatic carbocycles. The molecule has 21 heavy (non-hydrogen) atoms. The molecule has 0 atom stereocenters. The molecule has 2 rings (SSSR count). The van der Waals surface area contributed by atoms with Gasteiger partial charge in [0, 0.05) is 0 Å². The zero-order chi connectivity index (χ0) is 14.9. The summed E-state index contributed by atoms with van der Waals surface area (Å²) in [5.74, 6) is 0. The Labute approximate surface area is 131 Å². The van der Waals surface area contributed by atoms with Crippen molar-refractivity contribution in [1.82, 2.24) is 0 Å². The fourth-order valence-corrected chi connectivity index (χ4v) is 3.06. The summed E-state index contributed by atoms with van der Waals surface area (Å²) in [4.78, 5) is 11.5. The van der Waals surface area contributed by atoms with Gasteiger partial charge in [-0.05, 0) is 0 Å². The van der Waals surface area contributed by atoms with Crippen LogP contribution in [0.4, 0.5) is 0 Å². The van der Waals surface area contributed by atoms with E-state index in [2.05, 4.69) is 7.94 Å². The summed E-state index contributed by atoms with van der Waals surface area (Å²) in [6.45, 7) is 0. The molecule has 2 aliphatic rings. The molecular formula is C12H24CuN4O4+2. The molecule has 0 aliphatic heterocycles. The van der Waals surface area contributed by atoms with Gasteiger partial charge in [0.1, 0.15) is 0 Å². The van der Waals surface area contributed by atoms with Gasteiger partial charge in [-0.15, -0.1) is 0 Å². The molecule has 2 saturated carbocycles. The fourth-order valence-electron chi connectivity index (χ4n) is 2.83. The summed E-state index contributed by atoms with van der Waals surface area (Å²) in [5.41, 5.74) is 15.3. The standard InChI is InChI=1S/2C6H12N2O2.Cu/c2*7-8(10-9)6-4-2-1-3-5-6;/h2*6-7H,1-5H2;/q;;+2. The Kier molecular flexibility index (Phi) is 7.35. The first-order chi connectivity index (χ1) is 10.3. The molecule has 2 N–H and O–H groups in total. The number of rotatable bonds is 8. The van der Waals surface area contributed by atoms with Crippen molar-refractivity contribution in [2.75, 3.05) is 0 Å². The van der Waals surface area contributed by atoms with E-state index in [0.717, 1.165) is 61.1 Å². The van der Waals surface area contributed by atoms with E-state index in [0.29, 0.717) is 15.6 Å². The Morgan fingerprint density at radius 2 is 1.05 bits per heavy atom. The Morgan fingerprint density at radius 3 is 1.43 bits per heavy atom. The van der Waals surface area contributed by atoms with Crippen LogP contribution < -0.4 is 0 Å². The summed E-state index contributed by atoms with van der Waals surface area (Å²) >= 11 is 0.563. The molecule has 8 nitrogen and oxygen atoms in total. The maximum absolute atomic E-state index is 7.67. The Balaban J connectivity index is 1.51. The monoisotopic (exact) mass is 351 g/mol. The van der Waals surface area contributed by atoms with Crippen LogP contribution in [0.3, 0.4) is 0 Å². The zero-order valence-electron chi connectivity index (χ0n) is 12.1. The Bertz CT molecular complexity index is 314. The van der Waals surface area contributed by atoms with Crippen molar-refractivity contribution < 1.29 is 43.3 Å². The first-order valence-electron chi connectivity index (χ1n) is 7.54. The van der Waals surface area contributed by atoms with Crippen molar-refractivity contribution in [3.63, 3.8) is 0 Å². The van der Waals surface area contributed by atoms with Crippen LogP contribution in [0.1, 0.15) is 64.2 Å². The zero-order valence-corrected chi connectivity index (χ0v) is 13.0. The molecule has 9 heteroatoms. The summed E-state index contributed by atoms with van der Waals surface area (Å²) in [5, 5.41) is 0. The predicted octanol–water partition coefficient (Wildman–Crippen LogP) is 3.38. The third kappa shape index (κ3) is 5.86. The molecule has 0 spiro atoms. The normalized spacial score (nSPS) is 21.1. The van der Waals surface area contributed by atoms with Gasteiger partial charge in [-0.3, -0.25) is 0 Å². The molecule has 0 amide bonds. The van der Waals surface area contributed by atoms with Gasteiger partial charge in [0.15, 0.2) is 0 Å². The van der Waals surface area contributed by atoms with E-state index in [1.165, 1.54) is 12.8 Å². The van der Waals surface area contributed by atoms with Crippen molar-refractivity contribution in [1.29, 1.82) is 11.1 Å². The average Bonchev–Trinajstić information content (AvgIpc) is 2.55. The molecule has 0 radical (unpaired) electrons. The van der Waals surface area contributed by atoms with Crippen molar-refractivity contribution in [2.45, 2.75) is 76.3 Å². The van der Waals surface area contributed by atoms with Crippen molar-refractivity contribution in [3.05, 3.63) is 0 Å². The van der Waals surface area contributed by atoms with Gasteiger partial charge < -0.3 is 0 Å². The summed E-state index contributed by atoms with van der Waals surface area (Å²) < 4.78 is 9.35. The minimum atomic E-state index is 0.0633. The summed E-state index contributed by atoms with van der Waals surface area (Å²) in [6.07, 6.45) is 10.7. The predicted molar refractivity (Wildman–Crippen MR) is 64.0 cm³/mol. The second-order valence-electron chi connectivity index (χ2n) is 5.54. The van der Waals surface area contributed by atoms with E-state index in [1.54, 1.807) is 0 Å². The van der Waals surface area contributed by atoms with E-state index in [1.807, 2.05) is 0 Å².